The second-order valence-corrected chi connectivity index (χ2v) is 8.32. The number of para-hydroxylation sites is 1. The first-order valence-electron chi connectivity index (χ1n) is 10.8. The minimum absolute atomic E-state index is 0.00383. The zero-order chi connectivity index (χ0) is 21.8. The van der Waals surface area contributed by atoms with Crippen LogP contribution >= 0.6 is 0 Å². The Morgan fingerprint density at radius 3 is 2.61 bits per heavy atom. The molecule has 3 aromatic rings. The summed E-state index contributed by atoms with van der Waals surface area (Å²) in [5.41, 5.74) is 4.48. The van der Waals surface area contributed by atoms with Crippen LogP contribution in [0.1, 0.15) is 41.0 Å². The predicted octanol–water partition coefficient (Wildman–Crippen LogP) is 2.06. The molecule has 1 aromatic heterocycles. The first-order chi connectivity index (χ1) is 15.0. The molecule has 6 heteroatoms. The minimum Gasteiger partial charge on any atom is -0.452 e. The fourth-order valence-electron chi connectivity index (χ4n) is 4.17. The van der Waals surface area contributed by atoms with Crippen molar-refractivity contribution in [3.8, 4) is 0 Å². The fourth-order valence-corrected chi connectivity index (χ4v) is 4.17. The van der Waals surface area contributed by atoms with Crippen molar-refractivity contribution in [2.75, 3.05) is 13.2 Å². The van der Waals surface area contributed by atoms with Gasteiger partial charge in [-0.15, -0.1) is 0 Å². The van der Waals surface area contributed by atoms with Gasteiger partial charge in [0.25, 0.3) is 5.91 Å². The van der Waals surface area contributed by atoms with Gasteiger partial charge in [-0.25, -0.2) is 4.79 Å². The van der Waals surface area contributed by atoms with Gasteiger partial charge in [-0.1, -0.05) is 48.5 Å². The van der Waals surface area contributed by atoms with Crippen LogP contribution in [0.2, 0.25) is 0 Å². The van der Waals surface area contributed by atoms with Gasteiger partial charge in [0, 0.05) is 29.0 Å². The molecule has 0 radical (unpaired) electrons. The van der Waals surface area contributed by atoms with Crippen molar-refractivity contribution in [2.45, 2.75) is 39.4 Å². The number of ether oxygens (including phenoxy) is 1. The van der Waals surface area contributed by atoms with Gasteiger partial charge in [0.15, 0.2) is 6.61 Å². The van der Waals surface area contributed by atoms with Crippen molar-refractivity contribution in [1.82, 2.24) is 10.3 Å². The van der Waals surface area contributed by atoms with Gasteiger partial charge in [-0.05, 0) is 19.9 Å². The summed E-state index contributed by atoms with van der Waals surface area (Å²) in [5.74, 6) is -0.762. The Bertz CT molecular complexity index is 1100. The summed E-state index contributed by atoms with van der Waals surface area (Å²) >= 11 is 0. The number of nitrogens with one attached hydrogen (secondary N) is 2. The molecule has 2 heterocycles. The number of aromatic nitrogens is 1. The average molecular weight is 419 g/mol. The lowest BCUT2D eigenvalue weighted by molar-refractivity contribution is -0.929. The molecule has 0 saturated heterocycles. The van der Waals surface area contributed by atoms with Crippen LogP contribution in [0, 0.1) is 0 Å². The second-order valence-electron chi connectivity index (χ2n) is 8.32. The number of fused-ring (bicyclic) bond motifs is 2. The van der Waals surface area contributed by atoms with Crippen LogP contribution in [0.4, 0.5) is 0 Å². The summed E-state index contributed by atoms with van der Waals surface area (Å²) in [6, 6.07) is 18.0. The van der Waals surface area contributed by atoms with E-state index < -0.39 is 5.97 Å². The number of amides is 1. The van der Waals surface area contributed by atoms with Gasteiger partial charge in [0.1, 0.15) is 13.1 Å². The van der Waals surface area contributed by atoms with Crippen molar-refractivity contribution in [3.63, 3.8) is 0 Å². The highest BCUT2D eigenvalue weighted by Gasteiger charge is 2.29. The van der Waals surface area contributed by atoms with Crippen LogP contribution < -0.4 is 10.2 Å². The SMILES string of the molecule is CC(C)NC(=O)COC(=O)c1c2c(nc3ccccc13)CC[NH+](Cc1ccccc1)C2. The normalized spacial score (nSPS) is 15.5. The number of quaternary nitrogens is 1. The van der Waals surface area contributed by atoms with Gasteiger partial charge in [0.05, 0.1) is 23.3 Å². The zero-order valence-corrected chi connectivity index (χ0v) is 18.0. The van der Waals surface area contributed by atoms with Crippen molar-refractivity contribution < 1.29 is 19.2 Å². The summed E-state index contributed by atoms with van der Waals surface area (Å²) in [4.78, 5) is 31.4. The molecule has 1 aliphatic rings. The molecule has 2 N–H and O–H groups in total. The molecule has 4 rings (SSSR count). The Kier molecular flexibility index (Phi) is 6.28. The minimum atomic E-state index is -0.463. The Hall–Kier alpha value is -3.25. The highest BCUT2D eigenvalue weighted by atomic mass is 16.5. The molecule has 1 atom stereocenters. The molecule has 1 amide bonds. The van der Waals surface area contributed by atoms with Crippen molar-refractivity contribution in [1.29, 1.82) is 0 Å². The molecular weight excluding hydrogens is 390 g/mol. The molecule has 31 heavy (non-hydrogen) atoms. The van der Waals surface area contributed by atoms with E-state index >= 15 is 0 Å². The molecule has 2 aromatic carbocycles. The van der Waals surface area contributed by atoms with E-state index in [4.69, 9.17) is 9.72 Å². The molecule has 0 aliphatic carbocycles. The summed E-state index contributed by atoms with van der Waals surface area (Å²) in [5, 5.41) is 3.53. The number of hydrogen-bond donors (Lipinski definition) is 2. The van der Waals surface area contributed by atoms with Crippen molar-refractivity contribution in [2.24, 2.45) is 0 Å². The second kappa shape index (κ2) is 9.27. The van der Waals surface area contributed by atoms with Crippen molar-refractivity contribution >= 4 is 22.8 Å². The van der Waals surface area contributed by atoms with E-state index in [9.17, 15) is 9.59 Å². The molecule has 0 spiro atoms. The topological polar surface area (TPSA) is 72.7 Å². The van der Waals surface area contributed by atoms with Gasteiger partial charge in [0.2, 0.25) is 0 Å². The van der Waals surface area contributed by atoms with Crippen LogP contribution in [0.15, 0.2) is 54.6 Å². The van der Waals surface area contributed by atoms with E-state index in [1.807, 2.05) is 56.3 Å². The number of esters is 1. The largest absolute Gasteiger partial charge is 0.452 e. The van der Waals surface area contributed by atoms with Crippen LogP contribution in [0.3, 0.4) is 0 Å². The molecule has 1 unspecified atom stereocenters. The van der Waals surface area contributed by atoms with E-state index in [0.717, 1.165) is 41.7 Å². The third kappa shape index (κ3) is 4.91. The summed E-state index contributed by atoms with van der Waals surface area (Å²) in [6.07, 6.45) is 0.802. The molecular formula is C25H28N3O3+. The van der Waals surface area contributed by atoms with Gasteiger partial charge >= 0.3 is 5.97 Å². The number of rotatable bonds is 6. The number of benzene rings is 2. The van der Waals surface area contributed by atoms with E-state index in [0.29, 0.717) is 12.1 Å². The zero-order valence-electron chi connectivity index (χ0n) is 18.0. The van der Waals surface area contributed by atoms with Gasteiger partial charge in [-0.2, -0.15) is 0 Å². The smallest absolute Gasteiger partial charge is 0.339 e. The summed E-state index contributed by atoms with van der Waals surface area (Å²) < 4.78 is 5.43. The third-order valence-corrected chi connectivity index (χ3v) is 5.51. The van der Waals surface area contributed by atoms with Crippen LogP contribution in [-0.4, -0.2) is 36.1 Å². The number of nitrogens with zero attached hydrogens (tertiary/aromatic N) is 1. The highest BCUT2D eigenvalue weighted by molar-refractivity contribution is 6.05. The van der Waals surface area contributed by atoms with E-state index in [2.05, 4.69) is 17.4 Å². The highest BCUT2D eigenvalue weighted by Crippen LogP contribution is 2.26. The quantitative estimate of drug-likeness (QED) is 0.601. The standard InChI is InChI=1S/C25H27N3O3/c1-17(2)26-23(29)16-31-25(30)24-19-10-6-7-11-21(19)27-22-12-13-28(15-20(22)24)14-18-8-4-3-5-9-18/h3-11,17H,12-16H2,1-2H3,(H,26,29)/p+1. The summed E-state index contributed by atoms with van der Waals surface area (Å²) in [6.45, 7) is 6.00. The molecule has 0 saturated carbocycles. The summed E-state index contributed by atoms with van der Waals surface area (Å²) in [7, 11) is 0. The maximum absolute atomic E-state index is 13.1. The number of hydrogen-bond acceptors (Lipinski definition) is 4. The molecule has 6 nitrogen and oxygen atoms in total. The Morgan fingerprint density at radius 2 is 1.84 bits per heavy atom. The lowest BCUT2D eigenvalue weighted by Crippen LogP contribution is -3.10. The lowest BCUT2D eigenvalue weighted by Gasteiger charge is -2.27. The number of carbonyl (C=O) groups is 2. The molecule has 1 aliphatic heterocycles. The Morgan fingerprint density at radius 1 is 1.10 bits per heavy atom. The Balaban J connectivity index is 1.63. The lowest BCUT2D eigenvalue weighted by atomic mass is 9.95. The van der Waals surface area contributed by atoms with Gasteiger partial charge in [-0.3, -0.25) is 9.78 Å². The van der Waals surface area contributed by atoms with Crippen LogP contribution in [-0.2, 0) is 29.0 Å². The fraction of sp³-hybridized carbons (Fsp3) is 0.320. The van der Waals surface area contributed by atoms with Crippen molar-refractivity contribution in [3.05, 3.63) is 77.0 Å². The average Bonchev–Trinajstić information content (AvgIpc) is 2.76. The van der Waals surface area contributed by atoms with Gasteiger partial charge < -0.3 is 15.0 Å². The molecule has 0 bridgehead atoms. The number of carbonyl (C=O) groups excluding carboxylic acids is 2. The van der Waals surface area contributed by atoms with E-state index in [1.54, 1.807) is 0 Å². The number of pyridine rings is 1. The first-order valence-corrected chi connectivity index (χ1v) is 10.8. The van der Waals surface area contributed by atoms with E-state index in [-0.39, 0.29) is 18.6 Å². The van der Waals surface area contributed by atoms with Crippen LogP contribution in [0.25, 0.3) is 10.9 Å². The van der Waals surface area contributed by atoms with Crippen LogP contribution in [0.5, 0.6) is 0 Å². The first kappa shape index (κ1) is 21.0. The monoisotopic (exact) mass is 418 g/mol. The Labute approximate surface area is 182 Å². The van der Waals surface area contributed by atoms with E-state index in [1.165, 1.54) is 10.5 Å². The maximum Gasteiger partial charge on any atom is 0.339 e. The molecule has 160 valence electrons. The molecule has 0 fully saturated rings. The predicted molar refractivity (Wildman–Crippen MR) is 119 cm³/mol. The third-order valence-electron chi connectivity index (χ3n) is 5.51. The maximum atomic E-state index is 13.1.